The fraction of sp³-hybridized carbons (Fsp3) is 0.474. The highest BCUT2D eigenvalue weighted by Crippen LogP contribution is 2.25. The molecule has 1 heterocycles. The number of nitrogens with zero attached hydrogens (tertiary/aromatic N) is 2. The van der Waals surface area contributed by atoms with Crippen molar-refractivity contribution in [3.05, 3.63) is 51.8 Å². The molecule has 24 heavy (non-hydrogen) atoms. The number of carbonyl (C=O) groups is 1. The molecule has 2 rings (SSSR count). The summed E-state index contributed by atoms with van der Waals surface area (Å²) in [4.78, 5) is 12.2. The number of rotatable bonds is 6. The Morgan fingerprint density at radius 2 is 2.04 bits per heavy atom. The Hall–Kier alpha value is -1.81. The fourth-order valence-corrected chi connectivity index (χ4v) is 3.03. The number of aryl methyl sites for hydroxylation is 2. The standard InChI is InChI=1S/C19H26ClN3O/c1-13-17(14(2)23(5)22-13)9-10-18(24)21-12-19(3,4)15-7-6-8-16(20)11-15/h6-8,11H,9-10,12H2,1-5H3,(H,21,24). The molecule has 1 aromatic carbocycles. The average molecular weight is 348 g/mol. The first-order valence-corrected chi connectivity index (χ1v) is 8.60. The highest BCUT2D eigenvalue weighted by molar-refractivity contribution is 6.30. The minimum absolute atomic E-state index is 0.0627. The molecular weight excluding hydrogens is 322 g/mol. The van der Waals surface area contributed by atoms with E-state index in [0.29, 0.717) is 13.0 Å². The zero-order valence-electron chi connectivity index (χ0n) is 15.1. The second kappa shape index (κ2) is 7.39. The quantitative estimate of drug-likeness (QED) is 0.865. The van der Waals surface area contributed by atoms with Crippen molar-refractivity contribution >= 4 is 17.5 Å². The number of aromatic nitrogens is 2. The lowest BCUT2D eigenvalue weighted by atomic mass is 9.84. The molecule has 4 nitrogen and oxygen atoms in total. The van der Waals surface area contributed by atoms with Gasteiger partial charge in [-0.15, -0.1) is 0 Å². The second-order valence-corrected chi connectivity index (χ2v) is 7.38. The Kier molecular flexibility index (Phi) is 5.70. The first kappa shape index (κ1) is 18.5. The van der Waals surface area contributed by atoms with Crippen LogP contribution in [-0.4, -0.2) is 22.2 Å². The third kappa shape index (κ3) is 4.38. The van der Waals surface area contributed by atoms with Crippen LogP contribution in [0.25, 0.3) is 0 Å². The third-order valence-electron chi connectivity index (χ3n) is 4.59. The van der Waals surface area contributed by atoms with Crippen molar-refractivity contribution in [3.8, 4) is 0 Å². The molecule has 0 bridgehead atoms. The van der Waals surface area contributed by atoms with Crippen molar-refractivity contribution in [1.82, 2.24) is 15.1 Å². The molecule has 0 spiro atoms. The summed E-state index contributed by atoms with van der Waals surface area (Å²) in [5, 5.41) is 8.16. The van der Waals surface area contributed by atoms with E-state index in [-0.39, 0.29) is 11.3 Å². The Bertz CT molecular complexity index is 734. The lowest BCUT2D eigenvalue weighted by Crippen LogP contribution is -2.36. The van der Waals surface area contributed by atoms with Gasteiger partial charge in [0.05, 0.1) is 5.69 Å². The monoisotopic (exact) mass is 347 g/mol. The lowest BCUT2D eigenvalue weighted by Gasteiger charge is -2.26. The maximum absolute atomic E-state index is 12.2. The first-order valence-electron chi connectivity index (χ1n) is 8.22. The van der Waals surface area contributed by atoms with Crippen molar-refractivity contribution in [3.63, 3.8) is 0 Å². The van der Waals surface area contributed by atoms with E-state index in [4.69, 9.17) is 11.6 Å². The van der Waals surface area contributed by atoms with Crippen LogP contribution in [0.5, 0.6) is 0 Å². The molecule has 0 saturated heterocycles. The Morgan fingerprint density at radius 1 is 1.33 bits per heavy atom. The number of benzene rings is 1. The van der Waals surface area contributed by atoms with Crippen LogP contribution in [0, 0.1) is 13.8 Å². The highest BCUT2D eigenvalue weighted by atomic mass is 35.5. The highest BCUT2D eigenvalue weighted by Gasteiger charge is 2.22. The van der Waals surface area contributed by atoms with Gasteiger partial charge in [0.25, 0.3) is 0 Å². The van der Waals surface area contributed by atoms with E-state index >= 15 is 0 Å². The van der Waals surface area contributed by atoms with Gasteiger partial charge < -0.3 is 5.32 Å². The van der Waals surface area contributed by atoms with Crippen LogP contribution in [0.3, 0.4) is 0 Å². The summed E-state index contributed by atoms with van der Waals surface area (Å²) >= 11 is 6.07. The smallest absolute Gasteiger partial charge is 0.220 e. The predicted molar refractivity (Wildman–Crippen MR) is 98.5 cm³/mol. The van der Waals surface area contributed by atoms with E-state index < -0.39 is 0 Å². The van der Waals surface area contributed by atoms with E-state index in [1.54, 1.807) is 0 Å². The molecule has 0 aliphatic rings. The summed E-state index contributed by atoms with van der Waals surface area (Å²) in [6.45, 7) is 8.82. The topological polar surface area (TPSA) is 46.9 Å². The van der Waals surface area contributed by atoms with Gasteiger partial charge in [-0.2, -0.15) is 5.10 Å². The summed E-state index contributed by atoms with van der Waals surface area (Å²) in [5.74, 6) is 0.0627. The lowest BCUT2D eigenvalue weighted by molar-refractivity contribution is -0.121. The van der Waals surface area contributed by atoms with Crippen molar-refractivity contribution in [2.45, 2.75) is 46.0 Å². The zero-order chi connectivity index (χ0) is 17.9. The van der Waals surface area contributed by atoms with Gasteiger partial charge in [-0.05, 0) is 43.5 Å². The Morgan fingerprint density at radius 3 is 2.62 bits per heavy atom. The summed E-state index contributed by atoms with van der Waals surface area (Å²) in [6, 6.07) is 7.80. The van der Waals surface area contributed by atoms with Gasteiger partial charge in [-0.1, -0.05) is 37.6 Å². The molecule has 1 aromatic heterocycles. The normalized spacial score (nSPS) is 11.6. The van der Waals surface area contributed by atoms with Crippen molar-refractivity contribution < 1.29 is 4.79 Å². The van der Waals surface area contributed by atoms with Crippen LogP contribution in [0.1, 0.15) is 42.8 Å². The van der Waals surface area contributed by atoms with Crippen LogP contribution >= 0.6 is 11.6 Å². The van der Waals surface area contributed by atoms with E-state index in [1.807, 2.05) is 49.8 Å². The molecule has 1 N–H and O–H groups in total. The molecule has 1 amide bonds. The van der Waals surface area contributed by atoms with Crippen LogP contribution < -0.4 is 5.32 Å². The Balaban J connectivity index is 1.91. The van der Waals surface area contributed by atoms with Gasteiger partial charge in [0.2, 0.25) is 5.91 Å². The molecule has 0 fully saturated rings. The molecule has 0 atom stereocenters. The van der Waals surface area contributed by atoms with Crippen LogP contribution in [0.4, 0.5) is 0 Å². The second-order valence-electron chi connectivity index (χ2n) is 6.94. The molecule has 0 unspecified atom stereocenters. The summed E-state index contributed by atoms with van der Waals surface area (Å²) in [6.07, 6.45) is 1.19. The number of nitrogens with one attached hydrogen (secondary N) is 1. The van der Waals surface area contributed by atoms with Crippen molar-refractivity contribution in [2.75, 3.05) is 6.54 Å². The van der Waals surface area contributed by atoms with Gasteiger partial charge in [0, 0.05) is 36.1 Å². The van der Waals surface area contributed by atoms with E-state index in [1.165, 1.54) is 5.56 Å². The van der Waals surface area contributed by atoms with Gasteiger partial charge in [0.1, 0.15) is 0 Å². The zero-order valence-corrected chi connectivity index (χ0v) is 15.9. The molecule has 5 heteroatoms. The maximum Gasteiger partial charge on any atom is 0.220 e. The summed E-state index contributed by atoms with van der Waals surface area (Å²) in [7, 11) is 1.93. The molecular formula is C19H26ClN3O. The van der Waals surface area contributed by atoms with Crippen molar-refractivity contribution in [2.24, 2.45) is 7.05 Å². The predicted octanol–water partition coefficient (Wildman–Crippen LogP) is 3.72. The molecule has 2 aromatic rings. The Labute approximate surface area is 149 Å². The number of carbonyl (C=O) groups excluding carboxylic acids is 1. The van der Waals surface area contributed by atoms with Gasteiger partial charge >= 0.3 is 0 Å². The molecule has 0 aliphatic heterocycles. The number of hydrogen-bond donors (Lipinski definition) is 1. The SMILES string of the molecule is Cc1nn(C)c(C)c1CCC(=O)NCC(C)(C)c1cccc(Cl)c1. The molecule has 0 aliphatic carbocycles. The first-order chi connectivity index (χ1) is 11.2. The van der Waals surface area contributed by atoms with Gasteiger partial charge in [0.15, 0.2) is 0 Å². The average Bonchev–Trinajstić information content (AvgIpc) is 2.76. The van der Waals surface area contributed by atoms with E-state index in [2.05, 4.69) is 24.3 Å². The van der Waals surface area contributed by atoms with Crippen LogP contribution in [-0.2, 0) is 23.7 Å². The maximum atomic E-state index is 12.2. The minimum atomic E-state index is -0.166. The van der Waals surface area contributed by atoms with Crippen LogP contribution in [0.15, 0.2) is 24.3 Å². The number of amides is 1. The van der Waals surface area contributed by atoms with Gasteiger partial charge in [-0.3, -0.25) is 9.48 Å². The molecule has 130 valence electrons. The molecule has 0 radical (unpaired) electrons. The minimum Gasteiger partial charge on any atom is -0.355 e. The van der Waals surface area contributed by atoms with Gasteiger partial charge in [-0.25, -0.2) is 0 Å². The van der Waals surface area contributed by atoms with E-state index in [0.717, 1.165) is 28.4 Å². The van der Waals surface area contributed by atoms with Crippen LogP contribution in [0.2, 0.25) is 5.02 Å². The third-order valence-corrected chi connectivity index (χ3v) is 4.83. The molecule has 0 saturated carbocycles. The fourth-order valence-electron chi connectivity index (χ4n) is 2.84. The summed E-state index contributed by atoms with van der Waals surface area (Å²) in [5.41, 5.74) is 4.25. The summed E-state index contributed by atoms with van der Waals surface area (Å²) < 4.78 is 1.87. The largest absolute Gasteiger partial charge is 0.355 e. The number of hydrogen-bond acceptors (Lipinski definition) is 2. The van der Waals surface area contributed by atoms with Crippen molar-refractivity contribution in [1.29, 1.82) is 0 Å². The van der Waals surface area contributed by atoms with E-state index in [9.17, 15) is 4.79 Å². The number of halogens is 1.